The summed E-state index contributed by atoms with van der Waals surface area (Å²) in [5.74, 6) is 0.282. The van der Waals surface area contributed by atoms with Gasteiger partial charge in [-0.15, -0.1) is 0 Å². The molecule has 22 heavy (non-hydrogen) atoms. The lowest BCUT2D eigenvalue weighted by Crippen LogP contribution is -2.16. The maximum Gasteiger partial charge on any atom is 0.371 e. The van der Waals surface area contributed by atoms with Gasteiger partial charge >= 0.3 is 5.97 Å². The molecule has 0 aliphatic rings. The molecule has 1 aromatic heterocycles. The van der Waals surface area contributed by atoms with Crippen LogP contribution in [0.25, 0.3) is 0 Å². The molecule has 0 aliphatic carbocycles. The number of hydrogen-bond acceptors (Lipinski definition) is 4. The molecule has 5 nitrogen and oxygen atoms in total. The first-order valence-electron chi connectivity index (χ1n) is 7.27. The summed E-state index contributed by atoms with van der Waals surface area (Å²) in [6.07, 6.45) is 1.46. The first kappa shape index (κ1) is 16.1. The van der Waals surface area contributed by atoms with Crippen LogP contribution in [0.3, 0.4) is 0 Å². The zero-order valence-corrected chi connectivity index (χ0v) is 12.8. The minimum atomic E-state index is -1.07. The first-order chi connectivity index (χ1) is 10.6. The number of carbonyl (C=O) groups is 1. The Labute approximate surface area is 129 Å². The molecule has 0 saturated heterocycles. The molecule has 1 heterocycles. The van der Waals surface area contributed by atoms with Crippen LogP contribution in [0.15, 0.2) is 34.7 Å². The van der Waals surface area contributed by atoms with E-state index in [2.05, 4.69) is 13.0 Å². The second kappa shape index (κ2) is 7.13. The topological polar surface area (TPSA) is 85.7 Å². The van der Waals surface area contributed by atoms with Gasteiger partial charge in [0.25, 0.3) is 0 Å². The van der Waals surface area contributed by atoms with Crippen LogP contribution in [0.1, 0.15) is 40.3 Å². The molecule has 0 aliphatic heterocycles. The summed E-state index contributed by atoms with van der Waals surface area (Å²) in [6.45, 7) is 2.52. The van der Waals surface area contributed by atoms with Gasteiger partial charge in [-0.25, -0.2) is 4.79 Å². The van der Waals surface area contributed by atoms with Crippen LogP contribution in [-0.2, 0) is 12.8 Å². The summed E-state index contributed by atoms with van der Waals surface area (Å²) in [4.78, 5) is 10.9. The molecular weight excluding hydrogens is 282 g/mol. The average molecular weight is 303 g/mol. The zero-order chi connectivity index (χ0) is 16.1. The van der Waals surface area contributed by atoms with Crippen LogP contribution in [-0.4, -0.2) is 24.7 Å². The minimum Gasteiger partial charge on any atom is -0.496 e. The van der Waals surface area contributed by atoms with Crippen LogP contribution < -0.4 is 10.5 Å². The normalized spacial score (nSPS) is 12.1. The Kier molecular flexibility index (Phi) is 5.22. The third-order valence-corrected chi connectivity index (χ3v) is 3.75. The van der Waals surface area contributed by atoms with Crippen molar-refractivity contribution < 1.29 is 19.1 Å². The van der Waals surface area contributed by atoms with Crippen molar-refractivity contribution in [2.75, 3.05) is 13.7 Å². The van der Waals surface area contributed by atoms with E-state index < -0.39 is 5.97 Å². The molecule has 1 unspecified atom stereocenters. The van der Waals surface area contributed by atoms with Gasteiger partial charge in [0.15, 0.2) is 0 Å². The van der Waals surface area contributed by atoms with Gasteiger partial charge in [0, 0.05) is 12.3 Å². The quantitative estimate of drug-likeness (QED) is 0.821. The Morgan fingerprint density at radius 3 is 2.68 bits per heavy atom. The van der Waals surface area contributed by atoms with Gasteiger partial charge in [-0.3, -0.25) is 0 Å². The monoisotopic (exact) mass is 303 g/mol. The molecule has 0 bridgehead atoms. The number of furan rings is 1. The lowest BCUT2D eigenvalue weighted by Gasteiger charge is -2.18. The number of ether oxygens (including phenoxy) is 1. The van der Waals surface area contributed by atoms with E-state index in [-0.39, 0.29) is 11.7 Å². The molecule has 2 aromatic rings. The van der Waals surface area contributed by atoms with Gasteiger partial charge in [-0.05, 0) is 42.3 Å². The van der Waals surface area contributed by atoms with Gasteiger partial charge in [0.1, 0.15) is 11.5 Å². The van der Waals surface area contributed by atoms with E-state index in [9.17, 15) is 4.79 Å². The van der Waals surface area contributed by atoms with E-state index in [4.69, 9.17) is 20.0 Å². The number of methoxy groups -OCH3 is 1. The van der Waals surface area contributed by atoms with Gasteiger partial charge in [0.05, 0.1) is 7.11 Å². The van der Waals surface area contributed by atoms with Gasteiger partial charge < -0.3 is 20.0 Å². The molecule has 3 N–H and O–H groups in total. The highest BCUT2D eigenvalue weighted by Gasteiger charge is 2.19. The lowest BCUT2D eigenvalue weighted by molar-refractivity contribution is 0.0660. The number of carboxylic acids is 1. The van der Waals surface area contributed by atoms with Crippen LogP contribution in [0.5, 0.6) is 5.75 Å². The number of carboxylic acid groups (broad SMARTS) is 1. The summed E-state index contributed by atoms with van der Waals surface area (Å²) in [6, 6.07) is 9.22. The van der Waals surface area contributed by atoms with Crippen molar-refractivity contribution in [2.45, 2.75) is 25.7 Å². The van der Waals surface area contributed by atoms with Crippen LogP contribution >= 0.6 is 0 Å². The van der Waals surface area contributed by atoms with Gasteiger partial charge in [0.2, 0.25) is 5.76 Å². The van der Waals surface area contributed by atoms with E-state index in [0.717, 1.165) is 17.7 Å². The van der Waals surface area contributed by atoms with Crippen LogP contribution in [0.4, 0.5) is 0 Å². The van der Waals surface area contributed by atoms with E-state index in [0.29, 0.717) is 18.7 Å². The summed E-state index contributed by atoms with van der Waals surface area (Å²) in [5.41, 5.74) is 8.15. The summed E-state index contributed by atoms with van der Waals surface area (Å²) in [5, 5.41) is 8.92. The number of hydrogen-bond donors (Lipinski definition) is 2. The Morgan fingerprint density at radius 2 is 2.14 bits per heavy atom. The predicted octanol–water partition coefficient (Wildman–Crippen LogP) is 2.83. The molecule has 0 radical (unpaired) electrons. The fraction of sp³-hybridized carbons (Fsp3) is 0.353. The standard InChI is InChI=1S/C17H21NO4/c1-3-11-4-6-15(21-2)14(8-11)12(10-18)9-13-5-7-16(22-13)17(19)20/h4-8,12H,3,9-10,18H2,1-2H3,(H,19,20). The molecule has 1 aromatic carbocycles. The fourth-order valence-corrected chi connectivity index (χ4v) is 2.49. The predicted molar refractivity (Wildman–Crippen MR) is 83.5 cm³/mol. The molecule has 0 saturated carbocycles. The van der Waals surface area contributed by atoms with Crippen molar-refractivity contribution in [3.05, 3.63) is 53.0 Å². The van der Waals surface area contributed by atoms with Crippen molar-refractivity contribution in [1.29, 1.82) is 0 Å². The molecule has 1 atom stereocenters. The Hall–Kier alpha value is -2.27. The number of rotatable bonds is 7. The van der Waals surface area contributed by atoms with Crippen molar-refractivity contribution >= 4 is 5.97 Å². The van der Waals surface area contributed by atoms with E-state index in [1.165, 1.54) is 11.6 Å². The van der Waals surface area contributed by atoms with E-state index in [1.54, 1.807) is 13.2 Å². The van der Waals surface area contributed by atoms with Crippen molar-refractivity contribution in [3.8, 4) is 5.75 Å². The third kappa shape index (κ3) is 3.49. The average Bonchev–Trinajstić information content (AvgIpc) is 3.01. The molecule has 5 heteroatoms. The first-order valence-corrected chi connectivity index (χ1v) is 7.27. The Bertz CT molecular complexity index is 648. The second-order valence-corrected chi connectivity index (χ2v) is 5.14. The second-order valence-electron chi connectivity index (χ2n) is 5.14. The van der Waals surface area contributed by atoms with Crippen LogP contribution in [0.2, 0.25) is 0 Å². The number of benzene rings is 1. The van der Waals surface area contributed by atoms with Gasteiger partial charge in [-0.2, -0.15) is 0 Å². The van der Waals surface area contributed by atoms with Crippen molar-refractivity contribution in [2.24, 2.45) is 5.73 Å². The molecule has 0 spiro atoms. The fourth-order valence-electron chi connectivity index (χ4n) is 2.49. The summed E-state index contributed by atoms with van der Waals surface area (Å²) >= 11 is 0. The highest BCUT2D eigenvalue weighted by Crippen LogP contribution is 2.30. The zero-order valence-electron chi connectivity index (χ0n) is 12.8. The van der Waals surface area contributed by atoms with E-state index in [1.807, 2.05) is 12.1 Å². The van der Waals surface area contributed by atoms with Crippen molar-refractivity contribution in [3.63, 3.8) is 0 Å². The highest BCUT2D eigenvalue weighted by molar-refractivity contribution is 5.84. The lowest BCUT2D eigenvalue weighted by atomic mass is 9.92. The maximum atomic E-state index is 10.9. The minimum absolute atomic E-state index is 0.00856. The van der Waals surface area contributed by atoms with Crippen LogP contribution in [0, 0.1) is 0 Å². The van der Waals surface area contributed by atoms with E-state index >= 15 is 0 Å². The molecular formula is C17H21NO4. The summed E-state index contributed by atoms with van der Waals surface area (Å²) < 4.78 is 10.8. The SMILES string of the molecule is CCc1ccc(OC)c(C(CN)Cc2ccc(C(=O)O)o2)c1. The Balaban J connectivity index is 2.28. The Morgan fingerprint density at radius 1 is 1.36 bits per heavy atom. The molecule has 0 fully saturated rings. The van der Waals surface area contributed by atoms with Gasteiger partial charge in [-0.1, -0.05) is 19.1 Å². The number of nitrogens with two attached hydrogens (primary N) is 1. The maximum absolute atomic E-state index is 10.9. The number of aromatic carboxylic acids is 1. The molecule has 0 amide bonds. The largest absolute Gasteiger partial charge is 0.496 e. The highest BCUT2D eigenvalue weighted by atomic mass is 16.5. The molecule has 2 rings (SSSR count). The third-order valence-electron chi connectivity index (χ3n) is 3.75. The molecule has 118 valence electrons. The van der Waals surface area contributed by atoms with Crippen molar-refractivity contribution in [1.82, 2.24) is 0 Å². The number of aryl methyl sites for hydroxylation is 1. The smallest absolute Gasteiger partial charge is 0.371 e. The summed E-state index contributed by atoms with van der Waals surface area (Å²) in [7, 11) is 1.63.